The van der Waals surface area contributed by atoms with Crippen LogP contribution < -0.4 is 5.73 Å². The number of anilines is 1. The smallest absolute Gasteiger partial charge is 0.193 e. The molecule has 76 valence electrons. The number of halogens is 2. The summed E-state index contributed by atoms with van der Waals surface area (Å²) in [6.45, 7) is -0.285. The van der Waals surface area contributed by atoms with E-state index >= 15 is 0 Å². The van der Waals surface area contributed by atoms with Gasteiger partial charge in [-0.3, -0.25) is 4.79 Å². The van der Waals surface area contributed by atoms with E-state index in [1.807, 2.05) is 0 Å². The van der Waals surface area contributed by atoms with Gasteiger partial charge in [-0.1, -0.05) is 0 Å². The van der Waals surface area contributed by atoms with Crippen LogP contribution in [0.25, 0.3) is 0 Å². The number of ketones is 1. The summed E-state index contributed by atoms with van der Waals surface area (Å²) in [5, 5.41) is 0. The van der Waals surface area contributed by atoms with Crippen molar-refractivity contribution in [3.8, 4) is 0 Å². The van der Waals surface area contributed by atoms with E-state index in [4.69, 9.17) is 5.73 Å². The second kappa shape index (κ2) is 4.15. The van der Waals surface area contributed by atoms with Gasteiger partial charge in [0.2, 0.25) is 0 Å². The third-order valence-electron chi connectivity index (χ3n) is 1.64. The second-order valence-corrected chi connectivity index (χ2v) is 2.71. The summed E-state index contributed by atoms with van der Waals surface area (Å²) in [5.41, 5.74) is 4.75. The van der Waals surface area contributed by atoms with Crippen molar-refractivity contribution in [3.63, 3.8) is 0 Å². The average molecular weight is 201 g/mol. The molecular weight excluding hydrogens is 192 g/mol. The average Bonchev–Trinajstić information content (AvgIpc) is 2.01. The van der Waals surface area contributed by atoms with Crippen LogP contribution in [-0.4, -0.2) is 19.5 Å². The van der Waals surface area contributed by atoms with Crippen LogP contribution in [0.5, 0.6) is 0 Å². The first-order chi connectivity index (χ1) is 6.56. The van der Waals surface area contributed by atoms with Crippen LogP contribution >= 0.6 is 0 Å². The predicted octanol–water partition coefficient (Wildman–Crippen LogP) is 1.38. The molecule has 1 aromatic rings. The zero-order chi connectivity index (χ0) is 10.7. The summed E-state index contributed by atoms with van der Waals surface area (Å²) in [7, 11) is 1.30. The Morgan fingerprint density at radius 2 is 2.14 bits per heavy atom. The Morgan fingerprint density at radius 3 is 2.64 bits per heavy atom. The molecule has 0 bridgehead atoms. The van der Waals surface area contributed by atoms with Crippen LogP contribution in [0.1, 0.15) is 10.4 Å². The Hall–Kier alpha value is -1.49. The van der Waals surface area contributed by atoms with Gasteiger partial charge in [0.1, 0.15) is 18.2 Å². The van der Waals surface area contributed by atoms with Crippen molar-refractivity contribution >= 4 is 11.5 Å². The molecular formula is C9H9F2NO2. The van der Waals surface area contributed by atoms with Gasteiger partial charge < -0.3 is 10.5 Å². The van der Waals surface area contributed by atoms with E-state index < -0.39 is 17.4 Å². The number of Topliss-reactive ketones (excluding diaryl/α,β-unsaturated/α-hetero) is 1. The number of methoxy groups -OCH3 is 1. The highest BCUT2D eigenvalue weighted by atomic mass is 19.1. The van der Waals surface area contributed by atoms with Gasteiger partial charge >= 0.3 is 0 Å². The molecule has 14 heavy (non-hydrogen) atoms. The topological polar surface area (TPSA) is 52.3 Å². The van der Waals surface area contributed by atoms with Gasteiger partial charge in [-0.25, -0.2) is 8.78 Å². The molecule has 0 spiro atoms. The summed E-state index contributed by atoms with van der Waals surface area (Å²) in [6, 6.07) is 1.51. The van der Waals surface area contributed by atoms with Crippen LogP contribution in [0.4, 0.5) is 14.5 Å². The van der Waals surface area contributed by atoms with Crippen LogP contribution in [0.15, 0.2) is 12.1 Å². The van der Waals surface area contributed by atoms with Gasteiger partial charge in [-0.2, -0.15) is 0 Å². The molecule has 0 unspecified atom stereocenters. The lowest BCUT2D eigenvalue weighted by Crippen LogP contribution is -2.12. The molecule has 0 radical (unpaired) electrons. The van der Waals surface area contributed by atoms with E-state index in [9.17, 15) is 13.6 Å². The van der Waals surface area contributed by atoms with Gasteiger partial charge in [0.25, 0.3) is 0 Å². The Bertz CT molecular complexity index is 343. The Morgan fingerprint density at radius 1 is 1.50 bits per heavy atom. The lowest BCUT2D eigenvalue weighted by Gasteiger charge is -2.05. The molecule has 0 fully saturated rings. The van der Waals surface area contributed by atoms with Gasteiger partial charge in [0.05, 0.1) is 5.56 Å². The van der Waals surface area contributed by atoms with Gasteiger partial charge in [0, 0.05) is 18.9 Å². The Labute approximate surface area is 79.5 Å². The quantitative estimate of drug-likeness (QED) is 0.593. The first kappa shape index (κ1) is 10.6. The SMILES string of the molecule is COCC(=O)c1c(N)cc(F)cc1F. The van der Waals surface area contributed by atoms with Crippen molar-refractivity contribution < 1.29 is 18.3 Å². The van der Waals surface area contributed by atoms with E-state index in [0.717, 1.165) is 6.07 Å². The lowest BCUT2D eigenvalue weighted by atomic mass is 10.1. The molecule has 0 saturated heterocycles. The summed E-state index contributed by atoms with van der Waals surface area (Å²) >= 11 is 0. The zero-order valence-electron chi connectivity index (χ0n) is 7.51. The van der Waals surface area contributed by atoms with E-state index in [1.54, 1.807) is 0 Å². The third-order valence-corrected chi connectivity index (χ3v) is 1.64. The third kappa shape index (κ3) is 2.05. The monoisotopic (exact) mass is 201 g/mol. The number of hydrogen-bond acceptors (Lipinski definition) is 3. The minimum absolute atomic E-state index is 0.218. The molecule has 0 aromatic heterocycles. The first-order valence-electron chi connectivity index (χ1n) is 3.83. The summed E-state index contributed by atoms with van der Waals surface area (Å²) in [5.74, 6) is -2.39. The number of nitrogen functional groups attached to an aromatic ring is 1. The van der Waals surface area contributed by atoms with Crippen molar-refractivity contribution in [1.29, 1.82) is 0 Å². The number of benzene rings is 1. The number of rotatable bonds is 3. The number of carbonyl (C=O) groups excluding carboxylic acids is 1. The molecule has 0 aliphatic heterocycles. The Kier molecular flexibility index (Phi) is 3.14. The molecule has 0 saturated carbocycles. The first-order valence-corrected chi connectivity index (χ1v) is 3.83. The molecule has 1 rings (SSSR count). The van der Waals surface area contributed by atoms with Crippen molar-refractivity contribution in [2.45, 2.75) is 0 Å². The fourth-order valence-electron chi connectivity index (χ4n) is 1.09. The zero-order valence-corrected chi connectivity index (χ0v) is 7.51. The summed E-state index contributed by atoms with van der Waals surface area (Å²) in [6.07, 6.45) is 0. The molecule has 0 aliphatic carbocycles. The summed E-state index contributed by atoms with van der Waals surface area (Å²) < 4.78 is 30.2. The highest BCUT2D eigenvalue weighted by Gasteiger charge is 2.16. The minimum Gasteiger partial charge on any atom is -0.398 e. The maximum Gasteiger partial charge on any atom is 0.193 e. The number of carbonyl (C=O) groups is 1. The van der Waals surface area contributed by atoms with Crippen molar-refractivity contribution in [2.24, 2.45) is 0 Å². The predicted molar refractivity (Wildman–Crippen MR) is 47.0 cm³/mol. The van der Waals surface area contributed by atoms with Gasteiger partial charge in [-0.05, 0) is 6.07 Å². The number of ether oxygens (including phenoxy) is 1. The molecule has 0 atom stereocenters. The highest BCUT2D eigenvalue weighted by Crippen LogP contribution is 2.18. The maximum absolute atomic E-state index is 13.1. The van der Waals surface area contributed by atoms with Crippen LogP contribution in [-0.2, 0) is 4.74 Å². The maximum atomic E-state index is 13.1. The second-order valence-electron chi connectivity index (χ2n) is 2.71. The fraction of sp³-hybridized carbons (Fsp3) is 0.222. The van der Waals surface area contributed by atoms with Gasteiger partial charge in [0.15, 0.2) is 5.78 Å². The minimum atomic E-state index is -0.968. The highest BCUT2D eigenvalue weighted by molar-refractivity contribution is 6.01. The number of hydrogen-bond donors (Lipinski definition) is 1. The van der Waals surface area contributed by atoms with Crippen LogP contribution in [0.2, 0.25) is 0 Å². The lowest BCUT2D eigenvalue weighted by molar-refractivity contribution is 0.0845. The molecule has 0 amide bonds. The molecule has 2 N–H and O–H groups in total. The van der Waals surface area contributed by atoms with E-state index in [-0.39, 0.29) is 17.9 Å². The molecule has 1 aromatic carbocycles. The van der Waals surface area contributed by atoms with Crippen molar-refractivity contribution in [3.05, 3.63) is 29.3 Å². The van der Waals surface area contributed by atoms with Crippen molar-refractivity contribution in [1.82, 2.24) is 0 Å². The van der Waals surface area contributed by atoms with Crippen LogP contribution in [0.3, 0.4) is 0 Å². The normalized spacial score (nSPS) is 10.2. The molecule has 3 nitrogen and oxygen atoms in total. The van der Waals surface area contributed by atoms with Crippen LogP contribution in [0, 0.1) is 11.6 Å². The molecule has 0 aliphatic rings. The van der Waals surface area contributed by atoms with E-state index in [0.29, 0.717) is 6.07 Å². The van der Waals surface area contributed by atoms with E-state index in [2.05, 4.69) is 4.74 Å². The van der Waals surface area contributed by atoms with Gasteiger partial charge in [-0.15, -0.1) is 0 Å². The standard InChI is InChI=1S/C9H9F2NO2/c1-14-4-8(13)9-6(11)2-5(10)3-7(9)12/h2-3H,4,12H2,1H3. The van der Waals surface area contributed by atoms with Crippen molar-refractivity contribution in [2.75, 3.05) is 19.5 Å². The molecule has 0 heterocycles. The Balaban J connectivity index is 3.14. The largest absolute Gasteiger partial charge is 0.398 e. The molecule has 5 heteroatoms. The van der Waals surface area contributed by atoms with E-state index in [1.165, 1.54) is 7.11 Å². The number of nitrogens with two attached hydrogens (primary N) is 1. The summed E-state index contributed by atoms with van der Waals surface area (Å²) in [4.78, 5) is 11.2. The fourth-order valence-corrected chi connectivity index (χ4v) is 1.09.